The molecule has 1 rings (SSSR count). The van der Waals surface area contributed by atoms with E-state index in [1.54, 1.807) is 0 Å². The van der Waals surface area contributed by atoms with Crippen molar-refractivity contribution in [2.75, 3.05) is 0 Å². The van der Waals surface area contributed by atoms with Crippen LogP contribution in [0.2, 0.25) is 0 Å². The lowest BCUT2D eigenvalue weighted by Gasteiger charge is -2.08. The first kappa shape index (κ1) is 14.1. The molecule has 0 saturated carbocycles. The number of rotatable bonds is 0. The van der Waals surface area contributed by atoms with Gasteiger partial charge in [0, 0.05) is 39.1 Å². The van der Waals surface area contributed by atoms with Gasteiger partial charge in [-0.2, -0.15) is 0 Å². The summed E-state index contributed by atoms with van der Waals surface area (Å²) in [6, 6.07) is 4.25. The van der Waals surface area contributed by atoms with Crippen molar-refractivity contribution < 1.29 is 0 Å². The van der Waals surface area contributed by atoms with Crippen LogP contribution in [0.1, 0.15) is 43.0 Å². The monoisotopic (exact) mass is 336 g/mol. The zero-order valence-corrected chi connectivity index (χ0v) is 13.2. The molecule has 0 spiro atoms. The van der Waals surface area contributed by atoms with Crippen LogP contribution in [0.25, 0.3) is 0 Å². The van der Waals surface area contributed by atoms with Crippen molar-refractivity contribution in [2.45, 2.75) is 34.6 Å². The number of hydrogen-bond acceptors (Lipinski definition) is 0. The van der Waals surface area contributed by atoms with Crippen molar-refractivity contribution >= 4 is 22.6 Å². The van der Waals surface area contributed by atoms with Crippen LogP contribution in [0.4, 0.5) is 0 Å². The van der Waals surface area contributed by atoms with E-state index in [1.807, 2.05) is 0 Å². The fourth-order valence-corrected chi connectivity index (χ4v) is 1.62. The van der Waals surface area contributed by atoms with Gasteiger partial charge in [-0.05, 0) is 61.8 Å². The van der Waals surface area contributed by atoms with Gasteiger partial charge in [0.05, 0.1) is 0 Å². The first-order valence-corrected chi connectivity index (χ1v) is 6.67. The first-order valence-electron chi connectivity index (χ1n) is 5.59. The van der Waals surface area contributed by atoms with Gasteiger partial charge in [0.25, 0.3) is 0 Å². The zero-order chi connectivity index (χ0) is 13.1. The predicted molar refractivity (Wildman–Crippen MR) is 83.1 cm³/mol. The fourth-order valence-electron chi connectivity index (χ4n) is 1.33. The van der Waals surface area contributed by atoms with Crippen molar-refractivity contribution in [3.63, 3.8) is 0 Å². The maximum absolute atomic E-state index is 3.26. The largest absolute Gasteiger partial charge is 0.0919 e. The maximum atomic E-state index is 3.26. The van der Waals surface area contributed by atoms with Gasteiger partial charge in [-0.25, -0.2) is 0 Å². The highest BCUT2D eigenvalue weighted by atomic mass is 127. The Hall–Kier alpha value is -0.930. The van der Waals surface area contributed by atoms with Gasteiger partial charge in [-0.1, -0.05) is 17.8 Å². The standard InChI is InChI=1S/C16H17I/c1-12-10-14(6-8-16(3,4)5)15(7-9-17)11-13(12)2/h10-11H,1-5H3. The molecule has 1 aromatic rings. The second-order valence-electron chi connectivity index (χ2n) is 5.20. The Morgan fingerprint density at radius 3 is 1.82 bits per heavy atom. The van der Waals surface area contributed by atoms with Gasteiger partial charge < -0.3 is 0 Å². The van der Waals surface area contributed by atoms with Crippen LogP contribution >= 0.6 is 22.6 Å². The average molecular weight is 336 g/mol. The number of benzene rings is 1. The third kappa shape index (κ3) is 4.44. The van der Waals surface area contributed by atoms with Crippen LogP contribution in [0.3, 0.4) is 0 Å². The van der Waals surface area contributed by atoms with Gasteiger partial charge in [-0.3, -0.25) is 0 Å². The van der Waals surface area contributed by atoms with Crippen LogP contribution in [0.5, 0.6) is 0 Å². The molecule has 0 aromatic heterocycles. The Labute approximate surface area is 118 Å². The average Bonchev–Trinajstić information content (AvgIpc) is 2.20. The fraction of sp³-hybridized carbons (Fsp3) is 0.375. The highest BCUT2D eigenvalue weighted by Crippen LogP contribution is 2.16. The predicted octanol–water partition coefficient (Wildman–Crippen LogP) is 4.45. The topological polar surface area (TPSA) is 0 Å². The first-order chi connectivity index (χ1) is 7.83. The van der Waals surface area contributed by atoms with Crippen LogP contribution in [0.15, 0.2) is 12.1 Å². The molecule has 0 bridgehead atoms. The van der Waals surface area contributed by atoms with Gasteiger partial charge in [-0.15, -0.1) is 0 Å². The lowest BCUT2D eigenvalue weighted by Crippen LogP contribution is -2.00. The maximum Gasteiger partial charge on any atom is 0.0412 e. The highest BCUT2D eigenvalue weighted by Gasteiger charge is 2.05. The van der Waals surface area contributed by atoms with Crippen molar-refractivity contribution in [3.8, 4) is 21.7 Å². The summed E-state index contributed by atoms with van der Waals surface area (Å²) in [5, 5.41) is 0. The van der Waals surface area contributed by atoms with Crippen LogP contribution < -0.4 is 0 Å². The zero-order valence-electron chi connectivity index (χ0n) is 11.0. The van der Waals surface area contributed by atoms with E-state index in [2.05, 4.69) is 91.0 Å². The van der Waals surface area contributed by atoms with E-state index in [1.165, 1.54) is 11.1 Å². The Bertz CT molecular complexity index is 537. The summed E-state index contributed by atoms with van der Waals surface area (Å²) in [4.78, 5) is 0. The lowest BCUT2D eigenvalue weighted by molar-refractivity contribution is 0.571. The quantitative estimate of drug-likeness (QED) is 0.485. The second-order valence-corrected chi connectivity index (χ2v) is 5.74. The third-order valence-electron chi connectivity index (χ3n) is 2.39. The minimum Gasteiger partial charge on any atom is -0.0919 e. The van der Waals surface area contributed by atoms with E-state index < -0.39 is 0 Å². The van der Waals surface area contributed by atoms with E-state index in [0.29, 0.717) is 0 Å². The molecular weight excluding hydrogens is 319 g/mol. The number of halogens is 1. The molecule has 0 radical (unpaired) electrons. The summed E-state index contributed by atoms with van der Waals surface area (Å²) >= 11 is 2.06. The summed E-state index contributed by atoms with van der Waals surface area (Å²) in [6.45, 7) is 10.6. The highest BCUT2D eigenvalue weighted by molar-refractivity contribution is 14.1. The summed E-state index contributed by atoms with van der Waals surface area (Å²) < 4.78 is 2.92. The van der Waals surface area contributed by atoms with E-state index in [9.17, 15) is 0 Å². The smallest absolute Gasteiger partial charge is 0.0412 e. The van der Waals surface area contributed by atoms with Gasteiger partial charge >= 0.3 is 0 Å². The molecule has 0 aliphatic heterocycles. The molecule has 0 heterocycles. The molecule has 0 aliphatic rings. The summed E-state index contributed by atoms with van der Waals surface area (Å²) in [5.74, 6) is 9.63. The summed E-state index contributed by atoms with van der Waals surface area (Å²) in [7, 11) is 0. The molecule has 0 fully saturated rings. The second kappa shape index (κ2) is 5.61. The molecule has 0 N–H and O–H groups in total. The molecule has 0 unspecified atom stereocenters. The minimum absolute atomic E-state index is 0.0216. The van der Waals surface area contributed by atoms with Crippen molar-refractivity contribution in [1.82, 2.24) is 0 Å². The Morgan fingerprint density at radius 2 is 1.41 bits per heavy atom. The lowest BCUT2D eigenvalue weighted by atomic mass is 9.95. The number of aryl methyl sites for hydroxylation is 2. The number of hydrogen-bond donors (Lipinski definition) is 0. The molecule has 1 aromatic carbocycles. The van der Waals surface area contributed by atoms with E-state index in [-0.39, 0.29) is 5.41 Å². The van der Waals surface area contributed by atoms with E-state index >= 15 is 0 Å². The summed E-state index contributed by atoms with van der Waals surface area (Å²) in [6.07, 6.45) is 0. The van der Waals surface area contributed by atoms with E-state index in [0.717, 1.165) is 11.1 Å². The van der Waals surface area contributed by atoms with Crippen molar-refractivity contribution in [1.29, 1.82) is 0 Å². The van der Waals surface area contributed by atoms with Crippen molar-refractivity contribution in [3.05, 3.63) is 34.4 Å². The van der Waals surface area contributed by atoms with E-state index in [4.69, 9.17) is 0 Å². The minimum atomic E-state index is 0.0216. The van der Waals surface area contributed by atoms with Gasteiger partial charge in [0.2, 0.25) is 0 Å². The molecule has 0 aliphatic carbocycles. The Balaban J connectivity index is 3.33. The molecule has 0 atom stereocenters. The summed E-state index contributed by atoms with van der Waals surface area (Å²) in [5.41, 5.74) is 4.61. The van der Waals surface area contributed by atoms with Crippen LogP contribution in [0, 0.1) is 41.0 Å². The van der Waals surface area contributed by atoms with Crippen LogP contribution in [-0.4, -0.2) is 0 Å². The molecular formula is C16H17I. The normalized spacial score (nSPS) is 10.0. The van der Waals surface area contributed by atoms with Gasteiger partial charge in [0.15, 0.2) is 0 Å². The van der Waals surface area contributed by atoms with Crippen LogP contribution in [-0.2, 0) is 0 Å². The molecule has 1 heteroatoms. The molecule has 0 saturated heterocycles. The molecule has 17 heavy (non-hydrogen) atoms. The third-order valence-corrected chi connectivity index (χ3v) is 2.66. The Morgan fingerprint density at radius 1 is 0.941 bits per heavy atom. The molecule has 88 valence electrons. The molecule has 0 amide bonds. The molecule has 0 nitrogen and oxygen atoms in total. The SMILES string of the molecule is Cc1cc(C#CI)c(C#CC(C)(C)C)cc1C. The van der Waals surface area contributed by atoms with Crippen molar-refractivity contribution in [2.24, 2.45) is 5.41 Å². The van der Waals surface area contributed by atoms with Gasteiger partial charge in [0.1, 0.15) is 0 Å². The Kier molecular flexibility index (Phi) is 4.66.